The summed E-state index contributed by atoms with van der Waals surface area (Å²) in [7, 11) is 2.15. The van der Waals surface area contributed by atoms with Crippen molar-refractivity contribution in [2.75, 3.05) is 25.5 Å². The summed E-state index contributed by atoms with van der Waals surface area (Å²) in [6, 6.07) is 11.8. The molecule has 0 radical (unpaired) electrons. The van der Waals surface area contributed by atoms with Gasteiger partial charge in [-0.15, -0.1) is 0 Å². The second-order valence-electron chi connectivity index (χ2n) is 7.39. The van der Waals surface area contributed by atoms with Crippen molar-refractivity contribution in [3.63, 3.8) is 0 Å². The number of halogens is 1. The van der Waals surface area contributed by atoms with E-state index in [1.165, 1.54) is 0 Å². The van der Waals surface area contributed by atoms with E-state index in [0.29, 0.717) is 11.0 Å². The fraction of sp³-hybridized carbons (Fsp3) is 0.286. The number of ether oxygens (including phenoxy) is 1. The van der Waals surface area contributed by atoms with Crippen molar-refractivity contribution in [2.24, 2.45) is 0 Å². The van der Waals surface area contributed by atoms with E-state index in [4.69, 9.17) is 16.3 Å². The number of nitrogens with one attached hydrogen (secondary N) is 2. The third-order valence-electron chi connectivity index (χ3n) is 5.35. The van der Waals surface area contributed by atoms with E-state index in [-0.39, 0.29) is 6.10 Å². The predicted octanol–water partition coefficient (Wildman–Crippen LogP) is 4.38. The van der Waals surface area contributed by atoms with Crippen LogP contribution in [0.15, 0.2) is 42.7 Å². The Labute approximate surface area is 173 Å². The zero-order chi connectivity index (χ0) is 19.8. The molecule has 0 saturated carbocycles. The van der Waals surface area contributed by atoms with Gasteiger partial charge in [0, 0.05) is 24.2 Å². The van der Waals surface area contributed by atoms with E-state index >= 15 is 0 Å². The van der Waals surface area contributed by atoms with Crippen LogP contribution in [0.25, 0.3) is 21.8 Å². The molecule has 7 nitrogen and oxygen atoms in total. The molecule has 3 heterocycles. The maximum absolute atomic E-state index is 6.39. The summed E-state index contributed by atoms with van der Waals surface area (Å²) in [5.74, 6) is 1.51. The summed E-state index contributed by atoms with van der Waals surface area (Å²) < 4.78 is 6.39. The third kappa shape index (κ3) is 3.59. The number of likely N-dealkylation sites (tertiary alicyclic amines) is 1. The fourth-order valence-electron chi connectivity index (χ4n) is 3.75. The summed E-state index contributed by atoms with van der Waals surface area (Å²) in [5.41, 5.74) is 2.53. The molecule has 0 atom stereocenters. The number of aromatic amines is 1. The van der Waals surface area contributed by atoms with Crippen molar-refractivity contribution >= 4 is 44.9 Å². The zero-order valence-corrected chi connectivity index (χ0v) is 16.8. The molecule has 1 aliphatic heterocycles. The van der Waals surface area contributed by atoms with E-state index in [0.717, 1.165) is 59.2 Å². The largest absolute Gasteiger partial charge is 0.489 e. The van der Waals surface area contributed by atoms with Gasteiger partial charge in [0.25, 0.3) is 0 Å². The Hall–Kier alpha value is -2.90. The van der Waals surface area contributed by atoms with Gasteiger partial charge in [-0.1, -0.05) is 17.7 Å². The Morgan fingerprint density at radius 3 is 2.86 bits per heavy atom. The summed E-state index contributed by atoms with van der Waals surface area (Å²) in [6.07, 6.45) is 3.79. The van der Waals surface area contributed by atoms with Crippen LogP contribution in [0.3, 0.4) is 0 Å². The number of hydrogen-bond donors (Lipinski definition) is 2. The topological polar surface area (TPSA) is 79.0 Å². The van der Waals surface area contributed by atoms with Gasteiger partial charge >= 0.3 is 0 Å². The highest BCUT2D eigenvalue weighted by Crippen LogP contribution is 2.34. The highest BCUT2D eigenvalue weighted by molar-refractivity contribution is 6.34. The number of hydrogen-bond acceptors (Lipinski definition) is 6. The van der Waals surface area contributed by atoms with Crippen molar-refractivity contribution in [1.82, 2.24) is 25.1 Å². The number of H-pyrrole nitrogens is 1. The second kappa shape index (κ2) is 7.50. The van der Waals surface area contributed by atoms with Crippen LogP contribution in [-0.2, 0) is 0 Å². The molecule has 0 spiro atoms. The molecule has 0 bridgehead atoms. The van der Waals surface area contributed by atoms with E-state index in [9.17, 15) is 0 Å². The molecule has 2 aromatic heterocycles. The van der Waals surface area contributed by atoms with Crippen LogP contribution in [0.1, 0.15) is 12.8 Å². The number of rotatable bonds is 4. The molecule has 148 valence electrons. The minimum absolute atomic E-state index is 0.200. The standard InChI is InChI=1S/C21H21ClN6O/c1-28-9-7-14(8-10-28)29-18-4-2-3-17-19(18)21(24-12-23-17)25-13-5-6-16-15(11-13)20(22)27-26-16/h2-6,11-12,14H,7-10H2,1H3,(H,26,27)(H,23,24,25). The van der Waals surface area contributed by atoms with Crippen molar-refractivity contribution < 1.29 is 4.74 Å². The zero-order valence-electron chi connectivity index (χ0n) is 16.0. The van der Waals surface area contributed by atoms with Gasteiger partial charge in [-0.3, -0.25) is 5.10 Å². The summed E-state index contributed by atoms with van der Waals surface area (Å²) in [6.45, 7) is 2.09. The normalized spacial score (nSPS) is 15.8. The lowest BCUT2D eigenvalue weighted by molar-refractivity contribution is 0.116. The average molecular weight is 409 g/mol. The lowest BCUT2D eigenvalue weighted by atomic mass is 10.1. The van der Waals surface area contributed by atoms with Gasteiger partial charge in [0.2, 0.25) is 0 Å². The maximum atomic E-state index is 6.39. The lowest BCUT2D eigenvalue weighted by Gasteiger charge is -2.29. The van der Waals surface area contributed by atoms with Crippen LogP contribution < -0.4 is 10.1 Å². The van der Waals surface area contributed by atoms with Crippen LogP contribution in [0, 0.1) is 0 Å². The van der Waals surface area contributed by atoms with E-state index < -0.39 is 0 Å². The quantitative estimate of drug-likeness (QED) is 0.521. The molecular weight excluding hydrogens is 388 g/mol. The first kappa shape index (κ1) is 18.1. The minimum atomic E-state index is 0.200. The van der Waals surface area contributed by atoms with Gasteiger partial charge < -0.3 is 15.0 Å². The predicted molar refractivity (Wildman–Crippen MR) is 115 cm³/mol. The second-order valence-corrected chi connectivity index (χ2v) is 7.77. The van der Waals surface area contributed by atoms with Crippen molar-refractivity contribution in [1.29, 1.82) is 0 Å². The van der Waals surface area contributed by atoms with Gasteiger partial charge in [0.15, 0.2) is 0 Å². The number of nitrogens with zero attached hydrogens (tertiary/aromatic N) is 4. The molecule has 1 saturated heterocycles. The number of aromatic nitrogens is 4. The molecule has 29 heavy (non-hydrogen) atoms. The Bertz CT molecular complexity index is 1160. The van der Waals surface area contributed by atoms with Crippen LogP contribution in [0.5, 0.6) is 5.75 Å². The summed E-state index contributed by atoms with van der Waals surface area (Å²) >= 11 is 6.19. The first-order valence-corrected chi connectivity index (χ1v) is 10.0. The molecule has 1 fully saturated rings. The number of piperidine rings is 1. The molecule has 2 N–H and O–H groups in total. The molecular formula is C21H21ClN6O. The molecule has 0 unspecified atom stereocenters. The summed E-state index contributed by atoms with van der Waals surface area (Å²) in [5, 5.41) is 12.6. The molecule has 0 aliphatic carbocycles. The molecule has 0 amide bonds. The van der Waals surface area contributed by atoms with Crippen LogP contribution in [0.4, 0.5) is 11.5 Å². The Balaban J connectivity index is 1.50. The fourth-order valence-corrected chi connectivity index (χ4v) is 3.94. The Morgan fingerprint density at radius 1 is 1.14 bits per heavy atom. The van der Waals surface area contributed by atoms with Crippen molar-refractivity contribution in [3.05, 3.63) is 47.9 Å². The first-order chi connectivity index (χ1) is 14.2. The smallest absolute Gasteiger partial charge is 0.145 e. The number of benzene rings is 2. The Kier molecular flexibility index (Phi) is 4.69. The van der Waals surface area contributed by atoms with Gasteiger partial charge in [-0.2, -0.15) is 5.10 Å². The molecule has 8 heteroatoms. The monoisotopic (exact) mass is 408 g/mol. The third-order valence-corrected chi connectivity index (χ3v) is 5.64. The minimum Gasteiger partial charge on any atom is -0.489 e. The van der Waals surface area contributed by atoms with E-state index in [1.54, 1.807) is 6.33 Å². The van der Waals surface area contributed by atoms with Gasteiger partial charge in [-0.05, 0) is 50.2 Å². The highest BCUT2D eigenvalue weighted by atomic mass is 35.5. The number of fused-ring (bicyclic) bond motifs is 2. The van der Waals surface area contributed by atoms with Crippen LogP contribution in [0.2, 0.25) is 5.15 Å². The van der Waals surface area contributed by atoms with Crippen LogP contribution in [-0.4, -0.2) is 51.3 Å². The average Bonchev–Trinajstić information content (AvgIpc) is 3.10. The highest BCUT2D eigenvalue weighted by Gasteiger charge is 2.20. The van der Waals surface area contributed by atoms with Crippen molar-refractivity contribution in [2.45, 2.75) is 18.9 Å². The van der Waals surface area contributed by atoms with Crippen LogP contribution >= 0.6 is 11.6 Å². The van der Waals surface area contributed by atoms with Crippen molar-refractivity contribution in [3.8, 4) is 5.75 Å². The SMILES string of the molecule is CN1CCC(Oc2cccc3ncnc(Nc4ccc5n[nH]c(Cl)c5c4)c23)CC1. The first-order valence-electron chi connectivity index (χ1n) is 9.67. The Morgan fingerprint density at radius 2 is 2.00 bits per heavy atom. The molecule has 2 aromatic carbocycles. The van der Waals surface area contributed by atoms with Gasteiger partial charge in [0.05, 0.1) is 16.4 Å². The molecule has 1 aliphatic rings. The molecule has 4 aromatic rings. The van der Waals surface area contributed by atoms with E-state index in [2.05, 4.69) is 37.4 Å². The summed E-state index contributed by atoms with van der Waals surface area (Å²) in [4.78, 5) is 11.3. The van der Waals surface area contributed by atoms with E-state index in [1.807, 2.05) is 36.4 Å². The van der Waals surface area contributed by atoms with Gasteiger partial charge in [0.1, 0.15) is 29.2 Å². The lowest BCUT2D eigenvalue weighted by Crippen LogP contribution is -2.35. The van der Waals surface area contributed by atoms with Gasteiger partial charge in [-0.25, -0.2) is 9.97 Å². The maximum Gasteiger partial charge on any atom is 0.145 e. The molecule has 5 rings (SSSR count). The number of anilines is 2.